The molecule has 19 heavy (non-hydrogen) atoms. The second-order valence-corrected chi connectivity index (χ2v) is 3.53. The zero-order valence-corrected chi connectivity index (χ0v) is 10.6. The van der Waals surface area contributed by atoms with E-state index in [1.54, 1.807) is 6.08 Å². The predicted molar refractivity (Wildman–Crippen MR) is 76.3 cm³/mol. The smallest absolute Gasteiger partial charge is 0.331 e. The van der Waals surface area contributed by atoms with Crippen LogP contribution in [0.4, 0.5) is 0 Å². The van der Waals surface area contributed by atoms with Crippen molar-refractivity contribution in [3.8, 4) is 0 Å². The van der Waals surface area contributed by atoms with E-state index in [1.807, 2.05) is 36.4 Å². The number of amides is 1. The Hall–Kier alpha value is -2.62. The Balaban J connectivity index is 0.000000555. The molecule has 0 radical (unpaired) electrons. The second-order valence-electron chi connectivity index (χ2n) is 3.53. The summed E-state index contributed by atoms with van der Waals surface area (Å²) in [6.07, 6.45) is 5.12. The summed E-state index contributed by atoms with van der Waals surface area (Å²) in [5, 5.41) is 8.55. The number of carbonyl (C=O) groups is 2. The maximum Gasteiger partial charge on any atom is 0.331 e. The number of carboxylic acids is 1. The molecule has 1 amide bonds. The van der Waals surface area contributed by atoms with Gasteiger partial charge >= 0.3 is 5.97 Å². The molecule has 0 aliphatic rings. The van der Waals surface area contributed by atoms with Crippen LogP contribution in [0.2, 0.25) is 0 Å². The molecule has 0 fully saturated rings. The molecule has 0 atom stereocenters. The fourth-order valence-corrected chi connectivity index (χ4v) is 0.989. The van der Waals surface area contributed by atoms with E-state index in [0.29, 0.717) is 6.42 Å². The van der Waals surface area contributed by atoms with Gasteiger partial charge in [-0.3, -0.25) is 4.79 Å². The number of carboxylic acid groups (broad SMARTS) is 1. The van der Waals surface area contributed by atoms with E-state index in [2.05, 4.69) is 18.9 Å². The molecule has 1 rings (SSSR count). The first kappa shape index (κ1) is 16.4. The van der Waals surface area contributed by atoms with Crippen LogP contribution >= 0.6 is 0 Å². The highest BCUT2D eigenvalue weighted by molar-refractivity contribution is 5.86. The first-order valence-electron chi connectivity index (χ1n) is 5.52. The largest absolute Gasteiger partial charge is 0.478 e. The highest BCUT2D eigenvalue weighted by Gasteiger charge is 1.99. The maximum absolute atomic E-state index is 10.4. The summed E-state index contributed by atoms with van der Waals surface area (Å²) in [7, 11) is 0. The molecular weight excluding hydrogens is 242 g/mol. The van der Waals surface area contributed by atoms with Gasteiger partial charge in [0.05, 0.1) is 0 Å². The van der Waals surface area contributed by atoms with Gasteiger partial charge in [-0.15, -0.1) is 0 Å². The maximum atomic E-state index is 10.4. The Morgan fingerprint density at radius 1 is 1.26 bits per heavy atom. The van der Waals surface area contributed by atoms with Crippen molar-refractivity contribution in [2.24, 2.45) is 5.73 Å². The first-order chi connectivity index (χ1) is 8.97. The molecule has 0 heterocycles. The van der Waals surface area contributed by atoms with Gasteiger partial charge in [0.2, 0.25) is 5.91 Å². The second kappa shape index (κ2) is 9.41. The van der Waals surface area contributed by atoms with Gasteiger partial charge in [-0.1, -0.05) is 55.6 Å². The molecule has 1 aromatic carbocycles. The Bertz CT molecular complexity index is 475. The third-order valence-electron chi connectivity index (χ3n) is 1.98. The summed E-state index contributed by atoms with van der Waals surface area (Å²) in [5.74, 6) is -1.42. The average Bonchev–Trinajstić information content (AvgIpc) is 2.40. The molecule has 0 unspecified atom stereocenters. The number of hydrogen-bond donors (Lipinski definition) is 2. The van der Waals surface area contributed by atoms with Crippen LogP contribution in [0.5, 0.6) is 0 Å². The highest BCUT2D eigenvalue weighted by atomic mass is 16.4. The molecular formula is C15H17NO3. The Morgan fingerprint density at radius 3 is 2.21 bits per heavy atom. The van der Waals surface area contributed by atoms with E-state index >= 15 is 0 Å². The molecule has 0 aromatic heterocycles. The summed E-state index contributed by atoms with van der Waals surface area (Å²) < 4.78 is 0. The van der Waals surface area contributed by atoms with Crippen LogP contribution in [-0.2, 0) is 9.59 Å². The third-order valence-corrected chi connectivity index (χ3v) is 1.98. The van der Waals surface area contributed by atoms with E-state index in [9.17, 15) is 9.59 Å². The van der Waals surface area contributed by atoms with Crippen LogP contribution in [-0.4, -0.2) is 17.0 Å². The first-order valence-corrected chi connectivity index (χ1v) is 5.52. The van der Waals surface area contributed by atoms with Crippen LogP contribution in [0, 0.1) is 0 Å². The molecule has 0 saturated heterocycles. The molecule has 0 aliphatic carbocycles. The zero-order valence-electron chi connectivity index (χ0n) is 10.6. The van der Waals surface area contributed by atoms with Gasteiger partial charge in [-0.05, 0) is 18.1 Å². The summed E-state index contributed by atoms with van der Waals surface area (Å²) >= 11 is 0. The molecule has 3 N–H and O–H groups in total. The lowest BCUT2D eigenvalue weighted by Crippen LogP contribution is -2.04. The van der Waals surface area contributed by atoms with E-state index in [-0.39, 0.29) is 5.57 Å². The fourth-order valence-electron chi connectivity index (χ4n) is 0.989. The standard InChI is InChI=1S/C12H12O2.C3H5NO/c1-10(12(13)14)6-5-9-11-7-3-2-4-8-11;1-2-3(4)5/h2-5,7-9H,1,6H2,(H,13,14);2H,1H2,(H2,4,5). The lowest BCUT2D eigenvalue weighted by molar-refractivity contribution is -0.132. The fraction of sp³-hybridized carbons (Fsp3) is 0.0667. The summed E-state index contributed by atoms with van der Waals surface area (Å²) in [6.45, 7) is 6.52. The third kappa shape index (κ3) is 9.12. The van der Waals surface area contributed by atoms with Crippen molar-refractivity contribution in [3.05, 3.63) is 66.8 Å². The van der Waals surface area contributed by atoms with E-state index in [1.165, 1.54) is 0 Å². The minimum atomic E-state index is -0.942. The van der Waals surface area contributed by atoms with Crippen LogP contribution in [0.3, 0.4) is 0 Å². The minimum absolute atomic E-state index is 0.206. The number of nitrogens with two attached hydrogens (primary N) is 1. The van der Waals surface area contributed by atoms with Crippen LogP contribution in [0.1, 0.15) is 12.0 Å². The lowest BCUT2D eigenvalue weighted by Gasteiger charge is -1.93. The molecule has 4 heteroatoms. The van der Waals surface area contributed by atoms with Crippen LogP contribution in [0.25, 0.3) is 6.08 Å². The highest BCUT2D eigenvalue weighted by Crippen LogP contribution is 2.05. The van der Waals surface area contributed by atoms with Gasteiger partial charge in [0.15, 0.2) is 0 Å². The number of rotatable bonds is 5. The van der Waals surface area contributed by atoms with E-state index < -0.39 is 11.9 Å². The number of primary amides is 1. The Kier molecular flexibility index (Phi) is 8.12. The lowest BCUT2D eigenvalue weighted by atomic mass is 10.1. The van der Waals surface area contributed by atoms with Gasteiger partial charge in [0.25, 0.3) is 0 Å². The number of carbonyl (C=O) groups excluding carboxylic acids is 1. The normalized spacial score (nSPS) is 9.26. The average molecular weight is 259 g/mol. The van der Waals surface area contributed by atoms with Gasteiger partial charge in [-0.25, -0.2) is 4.79 Å². The van der Waals surface area contributed by atoms with Gasteiger partial charge in [-0.2, -0.15) is 0 Å². The molecule has 1 aromatic rings. The van der Waals surface area contributed by atoms with Crippen molar-refractivity contribution in [3.63, 3.8) is 0 Å². The Morgan fingerprint density at radius 2 is 1.79 bits per heavy atom. The van der Waals surface area contributed by atoms with Gasteiger partial charge < -0.3 is 10.8 Å². The number of benzene rings is 1. The molecule has 0 saturated carbocycles. The number of allylic oxidation sites excluding steroid dienone is 1. The van der Waals surface area contributed by atoms with Crippen LogP contribution < -0.4 is 5.73 Å². The summed E-state index contributed by atoms with van der Waals surface area (Å²) in [6, 6.07) is 9.73. The van der Waals surface area contributed by atoms with E-state index in [0.717, 1.165) is 11.6 Å². The van der Waals surface area contributed by atoms with Crippen molar-refractivity contribution in [2.45, 2.75) is 6.42 Å². The SMILES string of the molecule is C=C(CC=Cc1ccccc1)C(=O)O.C=CC(N)=O. The van der Waals surface area contributed by atoms with Crippen molar-refractivity contribution in [1.82, 2.24) is 0 Å². The molecule has 0 aliphatic heterocycles. The number of aliphatic carboxylic acids is 1. The molecule has 4 nitrogen and oxygen atoms in total. The zero-order chi connectivity index (χ0) is 14.7. The quantitative estimate of drug-likeness (QED) is 0.797. The van der Waals surface area contributed by atoms with E-state index in [4.69, 9.17) is 5.11 Å². The molecule has 0 spiro atoms. The monoisotopic (exact) mass is 259 g/mol. The minimum Gasteiger partial charge on any atom is -0.478 e. The summed E-state index contributed by atoms with van der Waals surface area (Å²) in [5.41, 5.74) is 5.80. The molecule has 0 bridgehead atoms. The number of hydrogen-bond acceptors (Lipinski definition) is 2. The molecule has 100 valence electrons. The van der Waals surface area contributed by atoms with Gasteiger partial charge in [0, 0.05) is 5.57 Å². The van der Waals surface area contributed by atoms with Crippen molar-refractivity contribution in [2.75, 3.05) is 0 Å². The Labute approximate surface area is 112 Å². The predicted octanol–water partition coefficient (Wildman–Crippen LogP) is 2.39. The van der Waals surface area contributed by atoms with Crippen molar-refractivity contribution in [1.29, 1.82) is 0 Å². The topological polar surface area (TPSA) is 80.4 Å². The van der Waals surface area contributed by atoms with Crippen molar-refractivity contribution < 1.29 is 14.7 Å². The van der Waals surface area contributed by atoms with Crippen molar-refractivity contribution >= 4 is 18.0 Å². The summed E-state index contributed by atoms with van der Waals surface area (Å²) in [4.78, 5) is 19.9. The van der Waals surface area contributed by atoms with Gasteiger partial charge in [0.1, 0.15) is 0 Å². The van der Waals surface area contributed by atoms with Crippen LogP contribution in [0.15, 0.2) is 61.2 Å².